The van der Waals surface area contributed by atoms with Gasteiger partial charge in [-0.3, -0.25) is 9.98 Å². The van der Waals surface area contributed by atoms with E-state index in [9.17, 15) is 4.79 Å². The minimum absolute atomic E-state index is 0.129. The van der Waals surface area contributed by atoms with Gasteiger partial charge in [0.1, 0.15) is 11.1 Å². The third-order valence-electron chi connectivity index (χ3n) is 4.54. The molecule has 1 aromatic carbocycles. The van der Waals surface area contributed by atoms with E-state index in [1.54, 1.807) is 17.3 Å². The molecular weight excluding hydrogens is 434 g/mol. The molecule has 154 valence electrons. The maximum absolute atomic E-state index is 12.2. The molecule has 2 heterocycles. The number of rotatable bonds is 3. The number of ether oxygens (including phenoxy) is 1. The normalized spacial score (nSPS) is 16.6. The van der Waals surface area contributed by atoms with Crippen LogP contribution in [0.4, 0.5) is 4.79 Å². The quantitative estimate of drug-likeness (QED) is 0.695. The van der Waals surface area contributed by atoms with E-state index in [1.165, 1.54) is 6.20 Å². The molecule has 8 heteroatoms. The van der Waals surface area contributed by atoms with Crippen LogP contribution in [0.3, 0.4) is 0 Å². The molecule has 0 unspecified atom stereocenters. The maximum Gasteiger partial charge on any atom is 0.410 e. The number of amides is 1. The number of aromatic nitrogens is 2. The van der Waals surface area contributed by atoms with Gasteiger partial charge in [0.15, 0.2) is 0 Å². The van der Waals surface area contributed by atoms with Crippen LogP contribution in [-0.2, 0) is 4.74 Å². The Kier molecular flexibility index (Phi) is 6.52. The minimum atomic E-state index is -0.483. The van der Waals surface area contributed by atoms with E-state index in [0.29, 0.717) is 24.4 Å². The molecule has 3 rings (SSSR count). The first-order valence-corrected chi connectivity index (χ1v) is 10.4. The van der Waals surface area contributed by atoms with Crippen LogP contribution in [0, 0.1) is 0 Å². The van der Waals surface area contributed by atoms with Gasteiger partial charge in [0, 0.05) is 35.5 Å². The number of piperidine rings is 1. The third kappa shape index (κ3) is 5.53. The van der Waals surface area contributed by atoms with Crippen molar-refractivity contribution < 1.29 is 9.53 Å². The Hall–Kier alpha value is -2.48. The van der Waals surface area contributed by atoms with Crippen molar-refractivity contribution in [3.8, 4) is 0 Å². The summed E-state index contributed by atoms with van der Waals surface area (Å²) in [5.41, 5.74) is 8.31. The van der Waals surface area contributed by atoms with Gasteiger partial charge in [-0.2, -0.15) is 0 Å². The summed E-state index contributed by atoms with van der Waals surface area (Å²) < 4.78 is 6.32. The van der Waals surface area contributed by atoms with Crippen LogP contribution in [0.15, 0.2) is 40.1 Å². The van der Waals surface area contributed by atoms with Crippen molar-refractivity contribution in [3.05, 3.63) is 40.8 Å². The monoisotopic (exact) mass is 459 g/mol. The Balaban J connectivity index is 1.64. The summed E-state index contributed by atoms with van der Waals surface area (Å²) in [6.45, 7) is 6.87. The van der Waals surface area contributed by atoms with E-state index in [-0.39, 0.29) is 12.1 Å². The lowest BCUT2D eigenvalue weighted by atomic mass is 10.1. The van der Waals surface area contributed by atoms with Crippen molar-refractivity contribution in [2.45, 2.75) is 45.3 Å². The number of nitrogens with zero attached hydrogens (tertiary/aromatic N) is 4. The number of likely N-dealkylation sites (tertiary alicyclic amines) is 1. The number of carbonyl (C=O) groups excluding carboxylic acids is 1. The first-order chi connectivity index (χ1) is 13.8. The molecule has 1 aliphatic rings. The highest BCUT2D eigenvalue weighted by atomic mass is 79.9. The molecule has 1 aromatic heterocycles. The van der Waals surface area contributed by atoms with Crippen LogP contribution in [0.5, 0.6) is 0 Å². The summed E-state index contributed by atoms with van der Waals surface area (Å²) in [7, 11) is 0. The van der Waals surface area contributed by atoms with Crippen LogP contribution in [0.2, 0.25) is 0 Å². The van der Waals surface area contributed by atoms with Crippen molar-refractivity contribution in [3.63, 3.8) is 0 Å². The molecule has 1 amide bonds. The lowest BCUT2D eigenvalue weighted by molar-refractivity contribution is 0.0207. The molecule has 1 saturated heterocycles. The Morgan fingerprint density at radius 2 is 2.07 bits per heavy atom. The van der Waals surface area contributed by atoms with E-state index >= 15 is 0 Å². The number of hydrogen-bond acceptors (Lipinski definition) is 6. The molecular formula is C21H26BrN5O2. The first-order valence-electron chi connectivity index (χ1n) is 9.61. The topological polar surface area (TPSA) is 93.7 Å². The van der Waals surface area contributed by atoms with Crippen LogP contribution in [-0.4, -0.2) is 51.9 Å². The Morgan fingerprint density at radius 3 is 2.72 bits per heavy atom. The molecule has 2 N–H and O–H groups in total. The van der Waals surface area contributed by atoms with E-state index in [0.717, 1.165) is 28.3 Å². The number of allylic oxidation sites excluding steroid dienone is 1. The van der Waals surface area contributed by atoms with E-state index in [4.69, 9.17) is 10.5 Å². The molecule has 0 spiro atoms. The number of fused-ring (bicyclic) bond motifs is 1. The molecule has 29 heavy (non-hydrogen) atoms. The largest absolute Gasteiger partial charge is 0.444 e. The number of halogens is 1. The number of nitrogens with two attached hydrogens (primary N) is 1. The molecule has 0 atom stereocenters. The second kappa shape index (κ2) is 8.90. The summed E-state index contributed by atoms with van der Waals surface area (Å²) in [5, 5.41) is 0. The smallest absolute Gasteiger partial charge is 0.410 e. The minimum Gasteiger partial charge on any atom is -0.444 e. The van der Waals surface area contributed by atoms with Crippen LogP contribution >= 0.6 is 15.9 Å². The predicted octanol–water partition coefficient (Wildman–Crippen LogP) is 4.16. The number of para-hydroxylation sites is 1. The number of aliphatic imine (C=N–C) groups is 1. The van der Waals surface area contributed by atoms with Gasteiger partial charge in [0.05, 0.1) is 23.4 Å². The van der Waals surface area contributed by atoms with Crippen LogP contribution in [0.25, 0.3) is 16.6 Å². The van der Waals surface area contributed by atoms with Gasteiger partial charge in [-0.1, -0.05) is 6.07 Å². The molecule has 0 radical (unpaired) electrons. The molecule has 2 aromatic rings. The average molecular weight is 460 g/mol. The second-order valence-electron chi connectivity index (χ2n) is 7.96. The van der Waals surface area contributed by atoms with E-state index in [2.05, 4.69) is 30.9 Å². The van der Waals surface area contributed by atoms with E-state index < -0.39 is 5.60 Å². The predicted molar refractivity (Wildman–Crippen MR) is 119 cm³/mol. The number of benzene rings is 1. The number of carbonyl (C=O) groups is 1. The second-order valence-corrected chi connectivity index (χ2v) is 8.82. The summed E-state index contributed by atoms with van der Waals surface area (Å²) in [5.74, 6) is 0. The Morgan fingerprint density at radius 1 is 1.34 bits per heavy atom. The van der Waals surface area contributed by atoms with Gasteiger partial charge in [-0.05, 0) is 61.7 Å². The summed E-state index contributed by atoms with van der Waals surface area (Å²) in [6, 6.07) is 5.89. The van der Waals surface area contributed by atoms with E-state index in [1.807, 2.05) is 39.0 Å². The fraction of sp³-hybridized carbons (Fsp3) is 0.429. The Bertz CT molecular complexity index is 944. The lowest BCUT2D eigenvalue weighted by Gasteiger charge is -2.32. The molecule has 1 fully saturated rings. The molecule has 0 saturated carbocycles. The lowest BCUT2D eigenvalue weighted by Crippen LogP contribution is -2.42. The third-order valence-corrected chi connectivity index (χ3v) is 5.18. The zero-order valence-electron chi connectivity index (χ0n) is 16.9. The zero-order valence-corrected chi connectivity index (χ0v) is 18.5. The van der Waals surface area contributed by atoms with Crippen LogP contribution in [0.1, 0.15) is 39.3 Å². The fourth-order valence-electron chi connectivity index (χ4n) is 3.04. The standard InChI is InChI=1S/C21H26BrN5O2/c1-21(2,3)29-20(28)27-9-7-15(8-10-27)24-12-14(11-23)18-13-25-17-6-4-5-16(22)19(17)26-18/h4-6,11-13,15H,7-10,23H2,1-3H3. The Labute approximate surface area is 179 Å². The van der Waals surface area contributed by atoms with Gasteiger partial charge in [-0.15, -0.1) is 0 Å². The van der Waals surface area contributed by atoms with Gasteiger partial charge in [-0.25, -0.2) is 9.78 Å². The van der Waals surface area contributed by atoms with Crippen molar-refractivity contribution in [2.24, 2.45) is 10.7 Å². The van der Waals surface area contributed by atoms with Crippen LogP contribution < -0.4 is 5.73 Å². The highest BCUT2D eigenvalue weighted by Gasteiger charge is 2.26. The fourth-order valence-corrected chi connectivity index (χ4v) is 3.49. The summed E-state index contributed by atoms with van der Waals surface area (Å²) in [4.78, 5) is 27.7. The van der Waals surface area contributed by atoms with Gasteiger partial charge >= 0.3 is 6.09 Å². The summed E-state index contributed by atoms with van der Waals surface area (Å²) >= 11 is 3.51. The molecule has 0 bridgehead atoms. The van der Waals surface area contributed by atoms with Crippen molar-refractivity contribution in [2.75, 3.05) is 13.1 Å². The van der Waals surface area contributed by atoms with Crippen molar-refractivity contribution in [1.29, 1.82) is 0 Å². The zero-order chi connectivity index (χ0) is 21.0. The average Bonchev–Trinajstić information content (AvgIpc) is 2.68. The van der Waals surface area contributed by atoms with Gasteiger partial charge in [0.25, 0.3) is 0 Å². The van der Waals surface area contributed by atoms with Crippen molar-refractivity contribution in [1.82, 2.24) is 14.9 Å². The van der Waals surface area contributed by atoms with Gasteiger partial charge < -0.3 is 15.4 Å². The summed E-state index contributed by atoms with van der Waals surface area (Å²) in [6.07, 6.45) is 6.24. The highest BCUT2D eigenvalue weighted by molar-refractivity contribution is 9.10. The number of hydrogen-bond donors (Lipinski definition) is 1. The van der Waals surface area contributed by atoms with Crippen molar-refractivity contribution >= 4 is 44.8 Å². The first kappa shape index (κ1) is 21.2. The molecule has 1 aliphatic heterocycles. The maximum atomic E-state index is 12.2. The SMILES string of the molecule is CC(C)(C)OC(=O)N1CCC(N=CC(=CN)c2cnc3cccc(Br)c3n2)CC1. The molecule has 0 aliphatic carbocycles. The van der Waals surface area contributed by atoms with Gasteiger partial charge in [0.2, 0.25) is 0 Å². The highest BCUT2D eigenvalue weighted by Crippen LogP contribution is 2.22. The molecule has 7 nitrogen and oxygen atoms in total.